The minimum Gasteiger partial charge on any atom is -0.455 e. The van der Waals surface area contributed by atoms with E-state index in [2.05, 4.69) is 80.1 Å². The summed E-state index contributed by atoms with van der Waals surface area (Å²) in [5, 5.41) is 3.71. The van der Waals surface area contributed by atoms with E-state index in [0.717, 1.165) is 17.1 Å². The molecule has 1 aliphatic rings. The lowest BCUT2D eigenvalue weighted by Gasteiger charge is -2.12. The predicted molar refractivity (Wildman–Crippen MR) is 129 cm³/mol. The van der Waals surface area contributed by atoms with Crippen molar-refractivity contribution in [3.63, 3.8) is 0 Å². The van der Waals surface area contributed by atoms with Gasteiger partial charge in [0.15, 0.2) is 0 Å². The van der Waals surface area contributed by atoms with Crippen LogP contribution in [-0.4, -0.2) is 0 Å². The third-order valence-corrected chi connectivity index (χ3v) is 7.47. The summed E-state index contributed by atoms with van der Waals surface area (Å²) in [4.78, 5) is 0. The lowest BCUT2D eigenvalue weighted by Crippen LogP contribution is -2.32. The Bertz CT molecular complexity index is 1470. The Morgan fingerprint density at radius 3 is 2.52 bits per heavy atom. The fourth-order valence-corrected chi connectivity index (χ4v) is 5.58. The first-order valence-electron chi connectivity index (χ1n) is 11.5. The number of aromatic nitrogens is 1. The molecule has 0 amide bonds. The van der Waals surface area contributed by atoms with Gasteiger partial charge in [0.2, 0.25) is 11.2 Å². The van der Waals surface area contributed by atoms with E-state index in [0.29, 0.717) is 0 Å². The van der Waals surface area contributed by atoms with Crippen molar-refractivity contribution >= 4 is 32.8 Å². The Morgan fingerprint density at radius 2 is 1.68 bits per heavy atom. The predicted octanol–water partition coefficient (Wildman–Crippen LogP) is 7.51. The second-order valence-corrected chi connectivity index (χ2v) is 9.25. The molecule has 2 heterocycles. The Labute approximate surface area is 183 Å². The van der Waals surface area contributed by atoms with Crippen LogP contribution in [0.1, 0.15) is 48.3 Å². The molecule has 0 saturated heterocycles. The molecule has 1 saturated carbocycles. The van der Waals surface area contributed by atoms with E-state index in [1.165, 1.54) is 75.3 Å². The Morgan fingerprint density at radius 1 is 0.871 bits per heavy atom. The van der Waals surface area contributed by atoms with Crippen LogP contribution in [0, 0.1) is 13.8 Å². The molecule has 0 unspecified atom stereocenters. The van der Waals surface area contributed by atoms with E-state index >= 15 is 0 Å². The third-order valence-electron chi connectivity index (χ3n) is 7.47. The van der Waals surface area contributed by atoms with E-state index in [1.54, 1.807) is 0 Å². The molecule has 0 aliphatic heterocycles. The topological polar surface area (TPSA) is 17.0 Å². The molecule has 1 fully saturated rings. The molecular formula is C29H28NO+. The van der Waals surface area contributed by atoms with Gasteiger partial charge in [-0.05, 0) is 73.6 Å². The summed E-state index contributed by atoms with van der Waals surface area (Å²) in [6, 6.07) is 22.3. The number of rotatable bonds is 2. The van der Waals surface area contributed by atoms with Gasteiger partial charge in [0.05, 0.1) is 5.56 Å². The molecule has 5 aromatic rings. The van der Waals surface area contributed by atoms with Crippen LogP contribution < -0.4 is 4.57 Å². The zero-order valence-electron chi connectivity index (χ0n) is 18.5. The zero-order valence-corrected chi connectivity index (χ0v) is 18.5. The fourth-order valence-electron chi connectivity index (χ4n) is 5.58. The van der Waals surface area contributed by atoms with Crippen molar-refractivity contribution in [2.24, 2.45) is 7.05 Å². The van der Waals surface area contributed by atoms with E-state index in [9.17, 15) is 0 Å². The number of benzene rings is 3. The molecule has 154 valence electrons. The number of hydrogen-bond donors (Lipinski definition) is 0. The third kappa shape index (κ3) is 2.81. The highest BCUT2D eigenvalue weighted by atomic mass is 16.3. The summed E-state index contributed by atoms with van der Waals surface area (Å²) in [5.41, 5.74) is 9.69. The quantitative estimate of drug-likeness (QED) is 0.277. The number of pyridine rings is 1. The monoisotopic (exact) mass is 406 g/mol. The van der Waals surface area contributed by atoms with Gasteiger partial charge >= 0.3 is 0 Å². The molecular weight excluding hydrogens is 378 g/mol. The maximum atomic E-state index is 6.41. The van der Waals surface area contributed by atoms with Crippen LogP contribution in [-0.2, 0) is 7.05 Å². The van der Waals surface area contributed by atoms with Gasteiger partial charge in [-0.25, -0.2) is 0 Å². The minimum atomic E-state index is 0.739. The summed E-state index contributed by atoms with van der Waals surface area (Å²) >= 11 is 0. The van der Waals surface area contributed by atoms with Gasteiger partial charge in [0.1, 0.15) is 18.2 Å². The number of furan rings is 1. The van der Waals surface area contributed by atoms with E-state index in [4.69, 9.17) is 4.42 Å². The van der Waals surface area contributed by atoms with E-state index < -0.39 is 0 Å². The second-order valence-electron chi connectivity index (χ2n) is 9.25. The van der Waals surface area contributed by atoms with Crippen LogP contribution in [0.5, 0.6) is 0 Å². The molecule has 0 N–H and O–H groups in total. The van der Waals surface area contributed by atoms with Gasteiger partial charge in [-0.1, -0.05) is 37.1 Å². The summed E-state index contributed by atoms with van der Waals surface area (Å²) < 4.78 is 8.75. The van der Waals surface area contributed by atoms with Gasteiger partial charge in [-0.3, -0.25) is 0 Å². The molecule has 0 spiro atoms. The van der Waals surface area contributed by atoms with Crippen LogP contribution in [0.15, 0.2) is 65.1 Å². The van der Waals surface area contributed by atoms with Crippen LogP contribution in [0.3, 0.4) is 0 Å². The first kappa shape index (κ1) is 18.6. The summed E-state index contributed by atoms with van der Waals surface area (Å²) in [7, 11) is 2.18. The molecule has 3 aromatic carbocycles. The molecule has 31 heavy (non-hydrogen) atoms. The highest BCUT2D eigenvalue weighted by Gasteiger charge is 2.24. The lowest BCUT2D eigenvalue weighted by atomic mass is 9.94. The van der Waals surface area contributed by atoms with E-state index in [1.807, 2.05) is 6.07 Å². The number of fused-ring (bicyclic) bond motifs is 4. The zero-order chi connectivity index (χ0) is 21.1. The van der Waals surface area contributed by atoms with Crippen LogP contribution in [0.25, 0.3) is 44.1 Å². The Hall–Kier alpha value is -3.13. The molecule has 2 heteroatoms. The van der Waals surface area contributed by atoms with Gasteiger partial charge < -0.3 is 4.42 Å². The van der Waals surface area contributed by atoms with Crippen molar-refractivity contribution in [3.05, 3.63) is 77.4 Å². The normalized spacial score (nSPS) is 14.9. The molecule has 6 rings (SSSR count). The standard InChI is InChI=1S/C29H28NO/c1-18-16-24-23-10-6-7-11-27(23)31-29(24)28(19(18)2)26-15-13-22-17-21(20-8-4-5-9-20)12-14-25(22)30(26)3/h6-7,10-17,20H,4-5,8-9H2,1-3H3/q+1. The molecule has 0 atom stereocenters. The first-order chi connectivity index (χ1) is 15.1. The lowest BCUT2D eigenvalue weighted by molar-refractivity contribution is -0.633. The Kier molecular flexibility index (Phi) is 4.17. The number of para-hydroxylation sites is 1. The Balaban J connectivity index is 1.60. The fraction of sp³-hybridized carbons (Fsp3) is 0.276. The van der Waals surface area contributed by atoms with Crippen molar-refractivity contribution in [1.29, 1.82) is 0 Å². The van der Waals surface area contributed by atoms with Crippen LogP contribution in [0.2, 0.25) is 0 Å². The number of aryl methyl sites for hydroxylation is 2. The smallest absolute Gasteiger partial charge is 0.216 e. The average molecular weight is 407 g/mol. The highest BCUT2D eigenvalue weighted by molar-refractivity contribution is 6.10. The number of hydrogen-bond acceptors (Lipinski definition) is 1. The minimum absolute atomic E-state index is 0.739. The van der Waals surface area contributed by atoms with Gasteiger partial charge in [0, 0.05) is 28.3 Å². The largest absolute Gasteiger partial charge is 0.455 e. The summed E-state index contributed by atoms with van der Waals surface area (Å²) in [6.07, 6.45) is 5.41. The van der Waals surface area contributed by atoms with E-state index in [-0.39, 0.29) is 0 Å². The molecule has 2 nitrogen and oxygen atoms in total. The average Bonchev–Trinajstić information content (AvgIpc) is 3.44. The van der Waals surface area contributed by atoms with Crippen LogP contribution >= 0.6 is 0 Å². The second kappa shape index (κ2) is 6.95. The van der Waals surface area contributed by atoms with Crippen molar-refractivity contribution in [2.45, 2.75) is 45.4 Å². The van der Waals surface area contributed by atoms with Crippen molar-refractivity contribution < 1.29 is 8.98 Å². The van der Waals surface area contributed by atoms with Crippen molar-refractivity contribution in [3.8, 4) is 11.3 Å². The molecule has 2 aromatic heterocycles. The first-order valence-corrected chi connectivity index (χ1v) is 11.5. The maximum absolute atomic E-state index is 6.41. The molecule has 0 radical (unpaired) electrons. The summed E-state index contributed by atoms with van der Waals surface area (Å²) in [5.74, 6) is 0.739. The molecule has 1 aliphatic carbocycles. The van der Waals surface area contributed by atoms with Gasteiger partial charge in [0.25, 0.3) is 0 Å². The highest BCUT2D eigenvalue weighted by Crippen LogP contribution is 2.39. The van der Waals surface area contributed by atoms with Crippen molar-refractivity contribution in [1.82, 2.24) is 0 Å². The van der Waals surface area contributed by atoms with Crippen LogP contribution in [0.4, 0.5) is 0 Å². The SMILES string of the molecule is Cc1cc2c(oc3ccccc32)c(-c2ccc3cc(C4CCCC4)ccc3[n+]2C)c1C. The van der Waals surface area contributed by atoms with Gasteiger partial charge in [-0.15, -0.1) is 0 Å². The molecule has 0 bridgehead atoms. The maximum Gasteiger partial charge on any atom is 0.216 e. The number of nitrogens with zero attached hydrogens (tertiary/aromatic N) is 1. The van der Waals surface area contributed by atoms with Crippen molar-refractivity contribution in [2.75, 3.05) is 0 Å². The summed E-state index contributed by atoms with van der Waals surface area (Å²) in [6.45, 7) is 4.42. The van der Waals surface area contributed by atoms with Gasteiger partial charge in [-0.2, -0.15) is 4.57 Å².